The molecule has 10 heteroatoms. The van der Waals surface area contributed by atoms with E-state index in [1.165, 1.54) is 24.8 Å². The van der Waals surface area contributed by atoms with Crippen LogP contribution in [-0.2, 0) is 11.3 Å². The van der Waals surface area contributed by atoms with Gasteiger partial charge in [-0.1, -0.05) is 42.8 Å². The Labute approximate surface area is 252 Å². The van der Waals surface area contributed by atoms with Crippen LogP contribution in [0.4, 0.5) is 10.6 Å². The first-order valence-corrected chi connectivity index (χ1v) is 15.8. The monoisotopic (exact) mass is 585 g/mol. The number of allylic oxidation sites excluding steroid dienone is 1. The summed E-state index contributed by atoms with van der Waals surface area (Å²) in [5.74, 6) is 3.14. The number of benzene rings is 1. The Morgan fingerprint density at radius 3 is 2.56 bits per heavy atom. The van der Waals surface area contributed by atoms with Crippen molar-refractivity contribution in [3.63, 3.8) is 0 Å². The second-order valence-electron chi connectivity index (χ2n) is 12.6. The van der Waals surface area contributed by atoms with Gasteiger partial charge < -0.3 is 19.7 Å². The molecule has 0 radical (unpaired) electrons. The second-order valence-corrected chi connectivity index (χ2v) is 12.6. The van der Waals surface area contributed by atoms with Crippen molar-refractivity contribution in [1.29, 1.82) is 5.41 Å². The zero-order valence-corrected chi connectivity index (χ0v) is 25.0. The van der Waals surface area contributed by atoms with Crippen LogP contribution in [-0.4, -0.2) is 55.8 Å². The maximum absolute atomic E-state index is 11.4. The molecule has 0 bridgehead atoms. The molecular formula is C33H43N7O3. The molecule has 0 spiro atoms. The van der Waals surface area contributed by atoms with Crippen molar-refractivity contribution >= 4 is 28.9 Å². The van der Waals surface area contributed by atoms with E-state index in [2.05, 4.69) is 64.0 Å². The molecule has 3 aromatic rings. The lowest BCUT2D eigenvalue weighted by molar-refractivity contribution is 0.0647. The fourth-order valence-corrected chi connectivity index (χ4v) is 7.11. The molecule has 2 unspecified atom stereocenters. The Hall–Kier alpha value is -3.79. The number of nitrogens with zero attached hydrogens (tertiary/aromatic N) is 4. The summed E-state index contributed by atoms with van der Waals surface area (Å²) in [7, 11) is 0. The Balaban J connectivity index is 1.48. The smallest absolute Gasteiger partial charge is 0.410 e. The maximum Gasteiger partial charge on any atom is 0.410 e. The number of fused-ring (bicyclic) bond motifs is 1. The molecular weight excluding hydrogens is 542 g/mol. The van der Waals surface area contributed by atoms with Crippen molar-refractivity contribution in [1.82, 2.24) is 24.8 Å². The van der Waals surface area contributed by atoms with Gasteiger partial charge in [0, 0.05) is 31.0 Å². The number of hydrogen-bond donors (Lipinski definition) is 4. The van der Waals surface area contributed by atoms with Gasteiger partial charge in [-0.05, 0) is 75.2 Å². The van der Waals surface area contributed by atoms with Crippen LogP contribution < -0.4 is 10.6 Å². The number of rotatable bonds is 9. The summed E-state index contributed by atoms with van der Waals surface area (Å²) in [6.07, 6.45) is 9.72. The number of ether oxygens (including phenoxy) is 1. The van der Waals surface area contributed by atoms with E-state index in [0.29, 0.717) is 42.4 Å². The second kappa shape index (κ2) is 12.8. The quantitative estimate of drug-likeness (QED) is 0.131. The average Bonchev–Trinajstić information content (AvgIpc) is 3.35. The van der Waals surface area contributed by atoms with Gasteiger partial charge in [0.05, 0.1) is 6.61 Å². The largest absolute Gasteiger partial charge is 0.465 e. The number of nitrogens with one attached hydrogen (secondary N) is 3. The molecule has 1 aliphatic heterocycles. The van der Waals surface area contributed by atoms with Gasteiger partial charge in [-0.2, -0.15) is 0 Å². The van der Waals surface area contributed by atoms with Crippen LogP contribution in [0.1, 0.15) is 87.3 Å². The number of amidine groups is 1. The Morgan fingerprint density at radius 2 is 1.88 bits per heavy atom. The van der Waals surface area contributed by atoms with E-state index in [-0.39, 0.29) is 29.5 Å². The highest BCUT2D eigenvalue weighted by atomic mass is 16.5. The molecule has 3 heterocycles. The molecule has 43 heavy (non-hydrogen) atoms. The highest BCUT2D eigenvalue weighted by Gasteiger charge is 2.35. The Kier molecular flexibility index (Phi) is 8.74. The lowest BCUT2D eigenvalue weighted by Crippen LogP contribution is -2.33. The predicted molar refractivity (Wildman–Crippen MR) is 167 cm³/mol. The number of hydrogen-bond acceptors (Lipinski definition) is 7. The molecule has 1 aromatic carbocycles. The zero-order valence-electron chi connectivity index (χ0n) is 25.0. The van der Waals surface area contributed by atoms with Crippen LogP contribution in [0.3, 0.4) is 0 Å². The minimum absolute atomic E-state index is 0.0208. The number of carbonyl (C=O) groups is 1. The van der Waals surface area contributed by atoms with E-state index < -0.39 is 6.09 Å². The van der Waals surface area contributed by atoms with E-state index >= 15 is 0 Å². The third-order valence-corrected chi connectivity index (χ3v) is 9.89. The number of aromatic nitrogens is 4. The van der Waals surface area contributed by atoms with E-state index in [4.69, 9.17) is 20.1 Å². The lowest BCUT2D eigenvalue weighted by atomic mass is 9.80. The van der Waals surface area contributed by atoms with E-state index in [1.807, 2.05) is 6.07 Å². The first-order chi connectivity index (χ1) is 20.9. The summed E-state index contributed by atoms with van der Waals surface area (Å²) in [5.41, 5.74) is 2.57. The molecule has 1 saturated heterocycles. The van der Waals surface area contributed by atoms with Gasteiger partial charge in [-0.25, -0.2) is 19.7 Å². The third kappa shape index (κ3) is 6.30. The minimum atomic E-state index is -1.32. The van der Waals surface area contributed by atoms with E-state index in [0.717, 1.165) is 50.0 Å². The molecule has 6 rings (SSSR count). The molecule has 2 aromatic heterocycles. The topological polar surface area (TPSA) is 138 Å². The van der Waals surface area contributed by atoms with Crippen LogP contribution in [0.25, 0.3) is 11.2 Å². The first kappa shape index (κ1) is 29.3. The van der Waals surface area contributed by atoms with Crippen LogP contribution >= 0.6 is 0 Å². The highest BCUT2D eigenvalue weighted by molar-refractivity contribution is 6.03. The summed E-state index contributed by atoms with van der Waals surface area (Å²) in [4.78, 5) is 26.1. The van der Waals surface area contributed by atoms with Gasteiger partial charge in [0.15, 0.2) is 23.1 Å². The minimum Gasteiger partial charge on any atom is -0.465 e. The fourth-order valence-electron chi connectivity index (χ4n) is 7.11. The fraction of sp³-hybridized carbons (Fsp3) is 0.545. The van der Waals surface area contributed by atoms with Crippen molar-refractivity contribution in [2.45, 2.75) is 82.7 Å². The van der Waals surface area contributed by atoms with Crippen LogP contribution in [0.2, 0.25) is 0 Å². The molecule has 2 saturated carbocycles. The van der Waals surface area contributed by atoms with E-state index in [9.17, 15) is 9.90 Å². The Morgan fingerprint density at radius 1 is 1.12 bits per heavy atom. The molecule has 1 amide bonds. The normalized spacial score (nSPS) is 25.0. The summed E-state index contributed by atoms with van der Waals surface area (Å²) in [6.45, 7) is 8.31. The summed E-state index contributed by atoms with van der Waals surface area (Å²) < 4.78 is 8.36. The zero-order chi connectivity index (χ0) is 29.9. The molecule has 3 aliphatic rings. The highest BCUT2D eigenvalue weighted by Crippen LogP contribution is 2.42. The SMILES string of the molecule is C=CC1CCC(Cn2c(C3CCOCC3c3ccccc3)nc3nc(C(=N)NC(=O)O)nc(N[C@H](C)C4CCC4)c32)CC1. The molecule has 10 nitrogen and oxygen atoms in total. The van der Waals surface area contributed by atoms with Gasteiger partial charge in [0.2, 0.25) is 0 Å². The first-order valence-electron chi connectivity index (χ1n) is 15.8. The van der Waals surface area contributed by atoms with Crippen LogP contribution in [0.15, 0.2) is 43.0 Å². The van der Waals surface area contributed by atoms with Gasteiger partial charge in [0.25, 0.3) is 0 Å². The number of amides is 1. The van der Waals surface area contributed by atoms with Crippen LogP contribution in [0, 0.1) is 23.2 Å². The summed E-state index contributed by atoms with van der Waals surface area (Å²) >= 11 is 0. The average molecular weight is 586 g/mol. The van der Waals surface area contributed by atoms with Gasteiger partial charge in [0.1, 0.15) is 11.3 Å². The molecule has 2 aliphatic carbocycles. The predicted octanol–water partition coefficient (Wildman–Crippen LogP) is 6.30. The van der Waals surface area contributed by atoms with E-state index in [1.54, 1.807) is 0 Å². The van der Waals surface area contributed by atoms with Crippen molar-refractivity contribution in [2.75, 3.05) is 18.5 Å². The molecule has 228 valence electrons. The number of anilines is 1. The molecule has 3 atom stereocenters. The summed E-state index contributed by atoms with van der Waals surface area (Å²) in [5, 5.41) is 23.5. The van der Waals surface area contributed by atoms with Crippen molar-refractivity contribution < 1.29 is 14.6 Å². The third-order valence-electron chi connectivity index (χ3n) is 9.89. The maximum atomic E-state index is 11.4. The number of carboxylic acid groups (broad SMARTS) is 1. The molecule has 4 N–H and O–H groups in total. The van der Waals surface area contributed by atoms with Gasteiger partial charge >= 0.3 is 6.09 Å². The van der Waals surface area contributed by atoms with Gasteiger partial charge in [-0.3, -0.25) is 10.7 Å². The van der Waals surface area contributed by atoms with Crippen molar-refractivity contribution in [3.05, 3.63) is 60.2 Å². The number of imidazole rings is 1. The van der Waals surface area contributed by atoms with Crippen molar-refractivity contribution in [2.24, 2.45) is 17.8 Å². The Bertz CT molecular complexity index is 1460. The van der Waals surface area contributed by atoms with Crippen LogP contribution in [0.5, 0.6) is 0 Å². The molecule has 3 fully saturated rings. The standard InChI is InChI=1S/C33H43N7O3/c1-3-21-12-14-22(15-13-21)18-40-27-29(35-20(2)23-10-7-11-23)37-31(28(34)36-33(41)42)38-30(27)39-32(40)25-16-17-43-19-26(25)24-8-5-4-6-9-24/h3-6,8-9,20-23,25-26H,1,7,10-19H2,2H3,(H2,34,36)(H,41,42)(H,35,37,38)/t20-,21?,22?,25?,26?/m1/s1. The van der Waals surface area contributed by atoms with Crippen molar-refractivity contribution in [3.8, 4) is 0 Å². The lowest BCUT2D eigenvalue weighted by Gasteiger charge is -2.34. The summed E-state index contributed by atoms with van der Waals surface area (Å²) in [6, 6.07) is 10.7. The van der Waals surface area contributed by atoms with Gasteiger partial charge in [-0.15, -0.1) is 6.58 Å².